The van der Waals surface area contributed by atoms with Gasteiger partial charge in [-0.15, -0.1) is 0 Å². The second kappa shape index (κ2) is 5.99. The molecule has 0 radical (unpaired) electrons. The summed E-state index contributed by atoms with van der Waals surface area (Å²) in [6.07, 6.45) is 0. The number of aryl methyl sites for hydroxylation is 1. The number of nitrogens with zero attached hydrogens (tertiary/aromatic N) is 2. The van der Waals surface area contributed by atoms with Crippen molar-refractivity contribution in [1.82, 2.24) is 10.1 Å². The van der Waals surface area contributed by atoms with E-state index in [1.54, 1.807) is 49.4 Å². The number of aromatic nitrogens is 2. The molecule has 1 amide bonds. The first kappa shape index (κ1) is 14.3. The fourth-order valence-electron chi connectivity index (χ4n) is 1.99. The number of nitrogens with one attached hydrogen (secondary N) is 1. The molecule has 0 aliphatic heterocycles. The van der Waals surface area contributed by atoms with Crippen LogP contribution in [0.25, 0.3) is 11.4 Å². The van der Waals surface area contributed by atoms with Crippen LogP contribution in [0.4, 0.5) is 5.69 Å². The molecule has 0 saturated carbocycles. The average molecular weight is 314 g/mol. The summed E-state index contributed by atoms with van der Waals surface area (Å²) >= 11 is 5.90. The van der Waals surface area contributed by atoms with Crippen molar-refractivity contribution in [3.63, 3.8) is 0 Å². The number of halogens is 1. The van der Waals surface area contributed by atoms with Gasteiger partial charge in [-0.25, -0.2) is 0 Å². The second-order valence-corrected chi connectivity index (χ2v) is 5.12. The summed E-state index contributed by atoms with van der Waals surface area (Å²) in [6, 6.07) is 14.0. The molecule has 1 heterocycles. The minimum absolute atomic E-state index is 0.232. The molecule has 0 saturated heterocycles. The molecule has 0 unspecified atom stereocenters. The molecule has 0 spiro atoms. The Balaban J connectivity index is 1.84. The SMILES string of the molecule is Cc1nc(-c2cccc(C(=O)Nc3cccc(Cl)c3)c2)no1. The van der Waals surface area contributed by atoms with Gasteiger partial charge in [0.1, 0.15) is 0 Å². The Morgan fingerprint density at radius 3 is 2.73 bits per heavy atom. The second-order valence-electron chi connectivity index (χ2n) is 4.68. The van der Waals surface area contributed by atoms with E-state index in [0.29, 0.717) is 28.0 Å². The van der Waals surface area contributed by atoms with Gasteiger partial charge in [0.2, 0.25) is 11.7 Å². The van der Waals surface area contributed by atoms with Crippen LogP contribution in [-0.4, -0.2) is 16.0 Å². The number of carbonyl (C=O) groups excluding carboxylic acids is 1. The van der Waals surface area contributed by atoms with Crippen LogP contribution in [0.2, 0.25) is 5.02 Å². The molecule has 0 bridgehead atoms. The topological polar surface area (TPSA) is 68.0 Å². The fraction of sp³-hybridized carbons (Fsp3) is 0.0625. The number of rotatable bonds is 3. The molecule has 22 heavy (non-hydrogen) atoms. The van der Waals surface area contributed by atoms with Crippen molar-refractivity contribution >= 4 is 23.2 Å². The molecule has 0 atom stereocenters. The largest absolute Gasteiger partial charge is 0.339 e. The van der Waals surface area contributed by atoms with E-state index in [1.165, 1.54) is 0 Å². The van der Waals surface area contributed by atoms with E-state index >= 15 is 0 Å². The first-order valence-corrected chi connectivity index (χ1v) is 6.97. The number of hydrogen-bond acceptors (Lipinski definition) is 4. The lowest BCUT2D eigenvalue weighted by Gasteiger charge is -2.06. The van der Waals surface area contributed by atoms with Gasteiger partial charge < -0.3 is 9.84 Å². The number of anilines is 1. The highest BCUT2D eigenvalue weighted by atomic mass is 35.5. The molecule has 2 aromatic carbocycles. The highest BCUT2D eigenvalue weighted by molar-refractivity contribution is 6.30. The van der Waals surface area contributed by atoms with Crippen LogP contribution in [0, 0.1) is 6.92 Å². The maximum atomic E-state index is 12.3. The van der Waals surface area contributed by atoms with Crippen LogP contribution in [0.3, 0.4) is 0 Å². The smallest absolute Gasteiger partial charge is 0.255 e. The third kappa shape index (κ3) is 3.15. The van der Waals surface area contributed by atoms with Crippen molar-refractivity contribution < 1.29 is 9.32 Å². The maximum absolute atomic E-state index is 12.3. The van der Waals surface area contributed by atoms with Gasteiger partial charge in [0.25, 0.3) is 5.91 Å². The molecule has 1 aromatic heterocycles. The summed E-state index contributed by atoms with van der Waals surface area (Å²) in [6.45, 7) is 1.71. The van der Waals surface area contributed by atoms with Crippen LogP contribution >= 0.6 is 11.6 Å². The van der Waals surface area contributed by atoms with Crippen molar-refractivity contribution in [3.8, 4) is 11.4 Å². The summed E-state index contributed by atoms with van der Waals surface area (Å²) < 4.78 is 4.95. The Bertz CT molecular complexity index is 830. The monoisotopic (exact) mass is 313 g/mol. The van der Waals surface area contributed by atoms with Crippen molar-refractivity contribution in [1.29, 1.82) is 0 Å². The van der Waals surface area contributed by atoms with Gasteiger partial charge in [-0.3, -0.25) is 4.79 Å². The highest BCUT2D eigenvalue weighted by Gasteiger charge is 2.10. The number of hydrogen-bond donors (Lipinski definition) is 1. The Kier molecular flexibility index (Phi) is 3.89. The molecule has 0 aliphatic rings. The van der Waals surface area contributed by atoms with E-state index in [4.69, 9.17) is 16.1 Å². The molecule has 3 rings (SSSR count). The Morgan fingerprint density at radius 1 is 1.18 bits per heavy atom. The predicted molar refractivity (Wildman–Crippen MR) is 83.9 cm³/mol. The summed E-state index contributed by atoms with van der Waals surface area (Å²) in [7, 11) is 0. The summed E-state index contributed by atoms with van der Waals surface area (Å²) in [5, 5.41) is 7.21. The number of amides is 1. The molecule has 3 aromatic rings. The van der Waals surface area contributed by atoms with E-state index < -0.39 is 0 Å². The third-order valence-corrected chi connectivity index (χ3v) is 3.23. The van der Waals surface area contributed by atoms with Crippen LogP contribution in [0.15, 0.2) is 53.1 Å². The van der Waals surface area contributed by atoms with Crippen molar-refractivity contribution in [3.05, 3.63) is 65.0 Å². The minimum atomic E-state index is -0.232. The van der Waals surface area contributed by atoms with Gasteiger partial charge in [0.15, 0.2) is 0 Å². The van der Waals surface area contributed by atoms with Crippen LogP contribution in [0.1, 0.15) is 16.2 Å². The van der Waals surface area contributed by atoms with Gasteiger partial charge in [0.05, 0.1) is 0 Å². The van der Waals surface area contributed by atoms with E-state index in [1.807, 2.05) is 6.07 Å². The van der Waals surface area contributed by atoms with E-state index in [9.17, 15) is 4.79 Å². The number of carbonyl (C=O) groups is 1. The van der Waals surface area contributed by atoms with Crippen LogP contribution in [0.5, 0.6) is 0 Å². The first-order valence-electron chi connectivity index (χ1n) is 6.59. The van der Waals surface area contributed by atoms with E-state index in [2.05, 4.69) is 15.5 Å². The van der Waals surface area contributed by atoms with E-state index in [-0.39, 0.29) is 5.91 Å². The van der Waals surface area contributed by atoms with Crippen LogP contribution in [-0.2, 0) is 0 Å². The predicted octanol–water partition coefficient (Wildman–Crippen LogP) is 3.95. The van der Waals surface area contributed by atoms with Gasteiger partial charge in [-0.2, -0.15) is 4.98 Å². The lowest BCUT2D eigenvalue weighted by Crippen LogP contribution is -2.11. The zero-order chi connectivity index (χ0) is 15.5. The van der Waals surface area contributed by atoms with Crippen molar-refractivity contribution in [2.75, 3.05) is 5.32 Å². The summed E-state index contributed by atoms with van der Waals surface area (Å²) in [4.78, 5) is 16.4. The number of benzene rings is 2. The molecular formula is C16H12ClN3O2. The Morgan fingerprint density at radius 2 is 2.00 bits per heavy atom. The lowest BCUT2D eigenvalue weighted by atomic mass is 10.1. The van der Waals surface area contributed by atoms with E-state index in [0.717, 1.165) is 5.56 Å². The maximum Gasteiger partial charge on any atom is 0.255 e. The summed E-state index contributed by atoms with van der Waals surface area (Å²) in [5.41, 5.74) is 1.86. The zero-order valence-corrected chi connectivity index (χ0v) is 12.5. The Labute approximate surface area is 131 Å². The molecule has 0 aliphatic carbocycles. The lowest BCUT2D eigenvalue weighted by molar-refractivity contribution is 0.102. The Hall–Kier alpha value is -2.66. The molecule has 110 valence electrons. The molecule has 0 fully saturated rings. The summed E-state index contributed by atoms with van der Waals surface area (Å²) in [5.74, 6) is 0.697. The molecular weight excluding hydrogens is 302 g/mol. The molecule has 1 N–H and O–H groups in total. The van der Waals surface area contributed by atoms with Crippen molar-refractivity contribution in [2.24, 2.45) is 0 Å². The first-order chi connectivity index (χ1) is 10.6. The fourth-order valence-corrected chi connectivity index (χ4v) is 2.18. The van der Waals surface area contributed by atoms with Crippen molar-refractivity contribution in [2.45, 2.75) is 6.92 Å². The average Bonchev–Trinajstić information content (AvgIpc) is 2.94. The third-order valence-electron chi connectivity index (χ3n) is 2.99. The van der Waals surface area contributed by atoms with Crippen LogP contribution < -0.4 is 5.32 Å². The van der Waals surface area contributed by atoms with Gasteiger partial charge in [-0.05, 0) is 30.3 Å². The molecule has 6 heteroatoms. The van der Waals surface area contributed by atoms with Gasteiger partial charge >= 0.3 is 0 Å². The minimum Gasteiger partial charge on any atom is -0.339 e. The van der Waals surface area contributed by atoms with Gasteiger partial charge in [-0.1, -0.05) is 35.0 Å². The standard InChI is InChI=1S/C16H12ClN3O2/c1-10-18-15(20-22-10)11-4-2-5-12(8-11)16(21)19-14-7-3-6-13(17)9-14/h2-9H,1H3,(H,19,21). The highest BCUT2D eigenvalue weighted by Crippen LogP contribution is 2.19. The quantitative estimate of drug-likeness (QED) is 0.795. The molecule has 5 nitrogen and oxygen atoms in total. The van der Waals surface area contributed by atoms with Gasteiger partial charge in [0, 0.05) is 28.8 Å². The zero-order valence-electron chi connectivity index (χ0n) is 11.7. The normalized spacial score (nSPS) is 10.5.